The predicted molar refractivity (Wildman–Crippen MR) is 95.8 cm³/mol. The molecule has 1 aliphatic rings. The van der Waals surface area contributed by atoms with Gasteiger partial charge >= 0.3 is 0 Å². The minimum Gasteiger partial charge on any atom is -0.454 e. The average Bonchev–Trinajstić information content (AvgIpc) is 3.40. The molecular weight excluding hydrogens is 394 g/mol. The first kappa shape index (κ1) is 17.7. The zero-order chi connectivity index (χ0) is 18.6. The van der Waals surface area contributed by atoms with Crippen molar-refractivity contribution >= 4 is 34.1 Å². The van der Waals surface area contributed by atoms with Crippen LogP contribution in [0.3, 0.4) is 0 Å². The first-order valence-electron chi connectivity index (χ1n) is 7.69. The normalized spacial score (nSPS) is 12.3. The number of amides is 1. The van der Waals surface area contributed by atoms with Crippen LogP contribution in [0.15, 0.2) is 27.0 Å². The fraction of sp³-hybridized carbons (Fsp3) is 0.267. The number of rotatable bonds is 7. The third-order valence-corrected chi connectivity index (χ3v) is 5.29. The van der Waals surface area contributed by atoms with Crippen molar-refractivity contribution in [1.82, 2.24) is 20.4 Å². The van der Waals surface area contributed by atoms with Gasteiger partial charge < -0.3 is 18.6 Å². The number of methoxy groups -OCH3 is 1. The minimum atomic E-state index is -0.282. The number of aromatic nitrogens is 4. The lowest BCUT2D eigenvalue weighted by Crippen LogP contribution is -2.16. The maximum Gasteiger partial charge on any atom is 0.252 e. The van der Waals surface area contributed by atoms with E-state index < -0.39 is 0 Å². The Hall–Kier alpha value is -2.70. The van der Waals surface area contributed by atoms with Crippen LogP contribution in [0.5, 0.6) is 11.5 Å². The lowest BCUT2D eigenvalue weighted by Gasteiger charge is -1.98. The number of benzene rings is 1. The highest BCUT2D eigenvalue weighted by molar-refractivity contribution is 8.00. The molecular formula is C15H13N5O5S2. The van der Waals surface area contributed by atoms with Crippen molar-refractivity contribution < 1.29 is 23.4 Å². The molecule has 0 atom stereocenters. The Morgan fingerprint density at radius 2 is 2.15 bits per heavy atom. The second-order valence-corrected chi connectivity index (χ2v) is 7.41. The lowest BCUT2D eigenvalue weighted by atomic mass is 10.2. The van der Waals surface area contributed by atoms with Crippen molar-refractivity contribution in [2.75, 3.05) is 25.8 Å². The maximum absolute atomic E-state index is 11.5. The summed E-state index contributed by atoms with van der Waals surface area (Å²) >= 11 is 2.64. The molecule has 0 fully saturated rings. The molecule has 0 aliphatic carbocycles. The van der Waals surface area contributed by atoms with E-state index in [-0.39, 0.29) is 19.3 Å². The Balaban J connectivity index is 1.36. The summed E-state index contributed by atoms with van der Waals surface area (Å²) in [4.78, 5) is 11.5. The van der Waals surface area contributed by atoms with Crippen molar-refractivity contribution in [3.63, 3.8) is 0 Å². The highest BCUT2D eigenvalue weighted by Gasteiger charge is 2.17. The summed E-state index contributed by atoms with van der Waals surface area (Å²) in [5.74, 6) is 2.34. The molecule has 3 heterocycles. The van der Waals surface area contributed by atoms with Crippen molar-refractivity contribution in [3.05, 3.63) is 24.1 Å². The molecule has 0 saturated carbocycles. The van der Waals surface area contributed by atoms with Gasteiger partial charge in [0.15, 0.2) is 15.8 Å². The van der Waals surface area contributed by atoms with Gasteiger partial charge in [0.2, 0.25) is 23.7 Å². The van der Waals surface area contributed by atoms with Gasteiger partial charge in [-0.3, -0.25) is 10.1 Å². The summed E-state index contributed by atoms with van der Waals surface area (Å²) in [7, 11) is 1.45. The van der Waals surface area contributed by atoms with Gasteiger partial charge in [0, 0.05) is 12.7 Å². The average molecular weight is 407 g/mol. The van der Waals surface area contributed by atoms with Crippen LogP contribution < -0.4 is 14.8 Å². The molecule has 1 aliphatic heterocycles. The Labute approximate surface area is 161 Å². The number of carbonyl (C=O) groups excluding carboxylic acids is 1. The lowest BCUT2D eigenvalue weighted by molar-refractivity contribution is -0.119. The van der Waals surface area contributed by atoms with Gasteiger partial charge in [-0.15, -0.1) is 20.4 Å². The fourth-order valence-corrected chi connectivity index (χ4v) is 3.79. The summed E-state index contributed by atoms with van der Waals surface area (Å²) < 4.78 is 21.7. The molecule has 4 rings (SSSR count). The van der Waals surface area contributed by atoms with Gasteiger partial charge in [-0.2, -0.15) is 0 Å². The van der Waals surface area contributed by atoms with Gasteiger partial charge in [0.05, 0.1) is 5.75 Å². The molecule has 1 aromatic carbocycles. The first-order valence-corrected chi connectivity index (χ1v) is 9.49. The largest absolute Gasteiger partial charge is 0.454 e. The van der Waals surface area contributed by atoms with Crippen molar-refractivity contribution in [1.29, 1.82) is 0 Å². The number of fused-ring (bicyclic) bond motifs is 1. The summed E-state index contributed by atoms with van der Waals surface area (Å²) in [5, 5.41) is 19.0. The highest BCUT2D eigenvalue weighted by Crippen LogP contribution is 2.36. The molecule has 10 nitrogen and oxygen atoms in total. The molecule has 3 aromatic rings. The van der Waals surface area contributed by atoms with Gasteiger partial charge in [-0.05, 0) is 18.2 Å². The number of nitrogens with zero attached hydrogens (tertiary/aromatic N) is 4. The van der Waals surface area contributed by atoms with Crippen LogP contribution in [-0.2, 0) is 15.3 Å². The van der Waals surface area contributed by atoms with E-state index in [2.05, 4.69) is 25.7 Å². The summed E-state index contributed by atoms with van der Waals surface area (Å²) in [6, 6.07) is 5.43. The fourth-order valence-electron chi connectivity index (χ4n) is 2.19. The molecule has 140 valence electrons. The summed E-state index contributed by atoms with van der Waals surface area (Å²) in [5.41, 5.74) is 0.752. The number of ether oxygens (including phenoxy) is 3. The van der Waals surface area contributed by atoms with Crippen molar-refractivity contribution in [2.24, 2.45) is 0 Å². The smallest absolute Gasteiger partial charge is 0.252 e. The summed E-state index contributed by atoms with van der Waals surface area (Å²) in [6.07, 6.45) is 0. The first-order chi connectivity index (χ1) is 13.2. The van der Waals surface area contributed by atoms with Crippen LogP contribution in [0.1, 0.15) is 5.89 Å². The number of carbonyl (C=O) groups is 1. The third kappa shape index (κ3) is 4.18. The Morgan fingerprint density at radius 3 is 3.04 bits per heavy atom. The standard InChI is InChI=1S/C15H13N5O5S2/c1-22-5-11(21)16-14-19-20-15(27-14)26-6-12-17-18-13(25-12)8-2-3-9-10(4-8)24-7-23-9/h2-4H,5-7H2,1H3,(H,16,19,21). The van der Waals surface area contributed by atoms with E-state index in [1.54, 1.807) is 12.1 Å². The zero-order valence-corrected chi connectivity index (χ0v) is 15.6. The van der Waals surface area contributed by atoms with Gasteiger partial charge in [-0.25, -0.2) is 0 Å². The molecule has 0 unspecified atom stereocenters. The Kier molecular flexibility index (Phi) is 5.18. The molecule has 0 radical (unpaired) electrons. The Morgan fingerprint density at radius 1 is 1.26 bits per heavy atom. The quantitative estimate of drug-likeness (QED) is 0.461. The molecule has 0 spiro atoms. The molecule has 12 heteroatoms. The van der Waals surface area contributed by atoms with Crippen LogP contribution in [0, 0.1) is 0 Å². The van der Waals surface area contributed by atoms with E-state index in [1.165, 1.54) is 30.2 Å². The van der Waals surface area contributed by atoms with E-state index in [4.69, 9.17) is 18.6 Å². The van der Waals surface area contributed by atoms with Gasteiger partial charge in [0.1, 0.15) is 6.61 Å². The van der Waals surface area contributed by atoms with Crippen LogP contribution in [-0.4, -0.2) is 46.8 Å². The van der Waals surface area contributed by atoms with Crippen LogP contribution in [0.25, 0.3) is 11.5 Å². The van der Waals surface area contributed by atoms with Crippen LogP contribution in [0.4, 0.5) is 5.13 Å². The highest BCUT2D eigenvalue weighted by atomic mass is 32.2. The van der Waals surface area contributed by atoms with Crippen LogP contribution in [0.2, 0.25) is 0 Å². The van der Waals surface area contributed by atoms with E-state index in [0.717, 1.165) is 5.56 Å². The van der Waals surface area contributed by atoms with Crippen LogP contribution >= 0.6 is 23.1 Å². The number of hydrogen-bond donors (Lipinski definition) is 1. The monoisotopic (exact) mass is 407 g/mol. The van der Waals surface area contributed by atoms with Gasteiger partial charge in [0.25, 0.3) is 5.91 Å². The van der Waals surface area contributed by atoms with Gasteiger partial charge in [-0.1, -0.05) is 23.1 Å². The molecule has 1 N–H and O–H groups in total. The van der Waals surface area contributed by atoms with E-state index in [9.17, 15) is 4.79 Å². The van der Waals surface area contributed by atoms with E-state index in [1.807, 2.05) is 6.07 Å². The number of anilines is 1. The third-order valence-electron chi connectivity index (χ3n) is 3.33. The number of thioether (sulfide) groups is 1. The van der Waals surface area contributed by atoms with E-state index in [0.29, 0.717) is 38.5 Å². The SMILES string of the molecule is COCC(=O)Nc1nnc(SCc2nnc(-c3ccc4c(c3)OCO4)o2)s1. The molecule has 1 amide bonds. The van der Waals surface area contributed by atoms with Crippen molar-refractivity contribution in [2.45, 2.75) is 10.1 Å². The topological polar surface area (TPSA) is 121 Å². The predicted octanol–water partition coefficient (Wildman–Crippen LogP) is 2.19. The molecule has 0 saturated heterocycles. The number of hydrogen-bond acceptors (Lipinski definition) is 11. The molecule has 0 bridgehead atoms. The summed E-state index contributed by atoms with van der Waals surface area (Å²) in [6.45, 7) is 0.174. The zero-order valence-electron chi connectivity index (χ0n) is 14.0. The van der Waals surface area contributed by atoms with E-state index >= 15 is 0 Å². The molecule has 2 aromatic heterocycles. The maximum atomic E-state index is 11.5. The minimum absolute atomic E-state index is 0.0350. The second-order valence-electron chi connectivity index (χ2n) is 5.21. The Bertz CT molecular complexity index is 960. The second kappa shape index (κ2) is 7.90. The van der Waals surface area contributed by atoms with Crippen molar-refractivity contribution in [3.8, 4) is 23.0 Å². The number of nitrogens with one attached hydrogen (secondary N) is 1. The molecule has 27 heavy (non-hydrogen) atoms.